The molecule has 0 aliphatic carbocycles. The molecule has 1 unspecified atom stereocenters. The molecule has 1 atom stereocenters. The molecule has 0 spiro atoms. The van der Waals surface area contributed by atoms with E-state index in [1.165, 1.54) is 12.8 Å². The number of hydrogen-bond acceptors (Lipinski definition) is 5. The summed E-state index contributed by atoms with van der Waals surface area (Å²) in [4.78, 5) is 0. The second-order valence-corrected chi connectivity index (χ2v) is 8.78. The van der Waals surface area contributed by atoms with Crippen molar-refractivity contribution in [2.45, 2.75) is 85.5 Å². The Bertz CT molecular complexity index is 288. The van der Waals surface area contributed by atoms with Crippen molar-refractivity contribution in [3.63, 3.8) is 0 Å². The maximum atomic E-state index is 6.52. The summed E-state index contributed by atoms with van der Waals surface area (Å²) >= 11 is 0. The van der Waals surface area contributed by atoms with Crippen LogP contribution in [0.15, 0.2) is 0 Å². The maximum absolute atomic E-state index is 6.52. The molecule has 6 heteroatoms. The Kier molecular flexibility index (Phi) is 14.2. The van der Waals surface area contributed by atoms with E-state index in [-0.39, 0.29) is 0 Å². The molecule has 0 rings (SSSR count). The minimum absolute atomic E-state index is 0.602. The Morgan fingerprint density at radius 1 is 0.875 bits per heavy atom. The summed E-state index contributed by atoms with van der Waals surface area (Å²) in [6.45, 7) is 16.1. The predicted molar refractivity (Wildman–Crippen MR) is 102 cm³/mol. The lowest BCUT2D eigenvalue weighted by molar-refractivity contribution is -0.201. The van der Waals surface area contributed by atoms with E-state index in [2.05, 4.69) is 19.2 Å². The number of ether oxygens (including phenoxy) is 1. The fourth-order valence-electron chi connectivity index (χ4n) is 2.83. The van der Waals surface area contributed by atoms with Crippen LogP contribution in [0.5, 0.6) is 0 Å². The molecule has 1 N–H and O–H groups in total. The molecule has 0 bridgehead atoms. The highest BCUT2D eigenvalue weighted by molar-refractivity contribution is 6.60. The summed E-state index contributed by atoms with van der Waals surface area (Å²) in [5.74, 6) is -0.626. The molecule has 0 amide bonds. The van der Waals surface area contributed by atoms with Crippen LogP contribution in [0.1, 0.15) is 73.6 Å². The summed E-state index contributed by atoms with van der Waals surface area (Å²) in [7, 11) is -2.74. The van der Waals surface area contributed by atoms with Gasteiger partial charge in [-0.1, -0.05) is 26.7 Å². The molecular formula is C18H41NO4Si. The monoisotopic (exact) mass is 363 g/mol. The van der Waals surface area contributed by atoms with E-state index < -0.39 is 14.6 Å². The van der Waals surface area contributed by atoms with Gasteiger partial charge in [0, 0.05) is 32.3 Å². The van der Waals surface area contributed by atoms with Crippen LogP contribution in [0.2, 0.25) is 6.04 Å². The first-order valence-electron chi connectivity index (χ1n) is 9.84. The molecule has 24 heavy (non-hydrogen) atoms. The molecule has 0 aliphatic heterocycles. The molecule has 146 valence electrons. The highest BCUT2D eigenvalue weighted by Crippen LogP contribution is 2.30. The fraction of sp³-hybridized carbons (Fsp3) is 1.00. The van der Waals surface area contributed by atoms with Crippen molar-refractivity contribution in [3.05, 3.63) is 0 Å². The molecule has 0 aromatic rings. The average Bonchev–Trinajstić information content (AvgIpc) is 2.52. The van der Waals surface area contributed by atoms with E-state index in [9.17, 15) is 0 Å². The smallest absolute Gasteiger partial charge is 0.374 e. The van der Waals surface area contributed by atoms with Crippen molar-refractivity contribution in [2.75, 3.05) is 32.9 Å². The number of hydrogen-bond donors (Lipinski definition) is 1. The average molecular weight is 364 g/mol. The molecule has 0 aliphatic rings. The van der Waals surface area contributed by atoms with Gasteiger partial charge in [0.25, 0.3) is 0 Å². The normalized spacial score (nSPS) is 14.8. The molecule has 0 saturated heterocycles. The van der Waals surface area contributed by atoms with Crippen LogP contribution < -0.4 is 5.32 Å². The molecule has 0 saturated carbocycles. The topological polar surface area (TPSA) is 49.0 Å². The van der Waals surface area contributed by atoms with E-state index in [4.69, 9.17) is 18.0 Å². The lowest BCUT2D eigenvalue weighted by Crippen LogP contribution is -2.53. The largest absolute Gasteiger partial charge is 0.503 e. The van der Waals surface area contributed by atoms with Gasteiger partial charge < -0.3 is 23.3 Å². The van der Waals surface area contributed by atoms with E-state index in [1.54, 1.807) is 0 Å². The minimum atomic E-state index is -2.74. The van der Waals surface area contributed by atoms with Gasteiger partial charge in [0.15, 0.2) is 5.79 Å². The van der Waals surface area contributed by atoms with Gasteiger partial charge >= 0.3 is 8.80 Å². The lowest BCUT2D eigenvalue weighted by Gasteiger charge is -2.39. The first kappa shape index (κ1) is 24.0. The van der Waals surface area contributed by atoms with Crippen LogP contribution in [-0.2, 0) is 18.0 Å². The van der Waals surface area contributed by atoms with Crippen molar-refractivity contribution in [3.8, 4) is 0 Å². The number of nitrogens with one attached hydrogen (secondary N) is 1. The van der Waals surface area contributed by atoms with Crippen LogP contribution >= 0.6 is 0 Å². The summed E-state index contributed by atoms with van der Waals surface area (Å²) in [6, 6.07) is 0.818. The maximum Gasteiger partial charge on any atom is 0.503 e. The number of unbranched alkanes of at least 4 members (excludes halogenated alkanes) is 2. The van der Waals surface area contributed by atoms with Crippen molar-refractivity contribution < 1.29 is 18.0 Å². The lowest BCUT2D eigenvalue weighted by atomic mass is 10.1. The Labute approximate surface area is 151 Å². The van der Waals surface area contributed by atoms with Crippen molar-refractivity contribution in [2.24, 2.45) is 0 Å². The number of rotatable bonds is 17. The molecule has 5 nitrogen and oxygen atoms in total. The standard InChI is InChI=1S/C18H41NO4Si/c1-7-12-13-15-18(6,20-9-3)23-24(21-10-4,22-11-5)17-14-16-19-8-2/h19H,7-17H2,1-6H3. The summed E-state index contributed by atoms with van der Waals surface area (Å²) in [5.41, 5.74) is 0. The second kappa shape index (κ2) is 14.2. The Morgan fingerprint density at radius 3 is 2.04 bits per heavy atom. The summed E-state index contributed by atoms with van der Waals surface area (Å²) in [5, 5.41) is 3.36. The molecular weight excluding hydrogens is 322 g/mol. The van der Waals surface area contributed by atoms with Gasteiger partial charge in [-0.25, -0.2) is 0 Å². The van der Waals surface area contributed by atoms with Crippen LogP contribution in [0.3, 0.4) is 0 Å². The fourth-order valence-corrected chi connectivity index (χ4v) is 5.73. The zero-order valence-electron chi connectivity index (χ0n) is 16.9. The molecule has 0 fully saturated rings. The third-order valence-corrected chi connectivity index (χ3v) is 7.04. The first-order valence-corrected chi connectivity index (χ1v) is 11.8. The molecule has 0 heterocycles. The van der Waals surface area contributed by atoms with Crippen LogP contribution in [0.4, 0.5) is 0 Å². The zero-order chi connectivity index (χ0) is 18.3. The summed E-state index contributed by atoms with van der Waals surface area (Å²) in [6.07, 6.45) is 5.32. The van der Waals surface area contributed by atoms with Gasteiger partial charge in [-0.05, 0) is 53.6 Å². The third-order valence-electron chi connectivity index (χ3n) is 3.87. The van der Waals surface area contributed by atoms with Crippen molar-refractivity contribution >= 4 is 8.80 Å². The quantitative estimate of drug-likeness (QED) is 0.236. The third kappa shape index (κ3) is 10.1. The Hall–Kier alpha value is 0.0169. The van der Waals surface area contributed by atoms with Crippen LogP contribution in [0.25, 0.3) is 0 Å². The highest BCUT2D eigenvalue weighted by atomic mass is 28.4. The Balaban J connectivity index is 5.02. The Morgan fingerprint density at radius 2 is 1.54 bits per heavy atom. The molecule has 0 radical (unpaired) electrons. The van der Waals surface area contributed by atoms with Crippen molar-refractivity contribution in [1.29, 1.82) is 0 Å². The van der Waals surface area contributed by atoms with Crippen LogP contribution in [-0.4, -0.2) is 47.5 Å². The van der Waals surface area contributed by atoms with Crippen molar-refractivity contribution in [1.82, 2.24) is 5.32 Å². The van der Waals surface area contributed by atoms with Gasteiger partial charge in [0.05, 0.1) is 0 Å². The minimum Gasteiger partial charge on any atom is -0.374 e. The van der Waals surface area contributed by atoms with E-state index in [1.807, 2.05) is 27.7 Å². The van der Waals surface area contributed by atoms with Gasteiger partial charge in [-0.3, -0.25) is 0 Å². The van der Waals surface area contributed by atoms with E-state index in [0.717, 1.165) is 38.4 Å². The zero-order valence-corrected chi connectivity index (χ0v) is 17.9. The SMILES string of the molecule is CCCCCC(C)(OCC)O[Si](CCCNCC)(OCC)OCC. The van der Waals surface area contributed by atoms with Crippen LogP contribution in [0, 0.1) is 0 Å². The second-order valence-electron chi connectivity index (χ2n) is 6.13. The predicted octanol–water partition coefficient (Wildman–Crippen LogP) is 4.35. The molecule has 0 aromatic heterocycles. The van der Waals surface area contributed by atoms with Gasteiger partial charge in [-0.15, -0.1) is 0 Å². The summed E-state index contributed by atoms with van der Waals surface area (Å²) < 4.78 is 24.7. The van der Waals surface area contributed by atoms with Gasteiger partial charge in [0.1, 0.15) is 0 Å². The van der Waals surface area contributed by atoms with E-state index >= 15 is 0 Å². The van der Waals surface area contributed by atoms with E-state index in [0.29, 0.717) is 19.8 Å². The van der Waals surface area contributed by atoms with Gasteiger partial charge in [-0.2, -0.15) is 0 Å². The highest BCUT2D eigenvalue weighted by Gasteiger charge is 2.46. The van der Waals surface area contributed by atoms with Gasteiger partial charge in [0.2, 0.25) is 0 Å². The molecule has 0 aromatic carbocycles. The first-order chi connectivity index (χ1) is 11.5.